The van der Waals surface area contributed by atoms with E-state index in [9.17, 15) is 9.59 Å². The molecule has 2 amide bonds. The van der Waals surface area contributed by atoms with Crippen LogP contribution in [0, 0.1) is 0 Å². The van der Waals surface area contributed by atoms with E-state index in [1.165, 1.54) is 24.6 Å². The Bertz CT molecular complexity index is 670. The van der Waals surface area contributed by atoms with Crippen LogP contribution in [0.4, 0.5) is 5.69 Å². The maximum absolute atomic E-state index is 12.2. The SMILES string of the molecule is O=C(CC1SC(=NC2CCCC2)NC1=O)Nc1cc(Cl)cc(Cl)c1. The lowest BCUT2D eigenvalue weighted by Crippen LogP contribution is -2.28. The average Bonchev–Trinajstić information content (AvgIpc) is 3.08. The molecule has 1 aliphatic carbocycles. The molecule has 1 aromatic carbocycles. The standard InChI is InChI=1S/C16H17Cl2N3O2S/c17-9-5-10(18)7-12(6-9)19-14(22)8-13-15(23)21-16(24-13)20-11-3-1-2-4-11/h5-7,11,13H,1-4,8H2,(H,19,22)(H,20,21,23). The third-order valence-corrected chi connectivity index (χ3v) is 5.45. The average molecular weight is 386 g/mol. The van der Waals surface area contributed by atoms with Gasteiger partial charge in [-0.2, -0.15) is 0 Å². The van der Waals surface area contributed by atoms with Crippen LogP contribution < -0.4 is 10.6 Å². The molecule has 1 saturated heterocycles. The number of halogens is 2. The molecule has 1 saturated carbocycles. The van der Waals surface area contributed by atoms with Crippen LogP contribution in [0.2, 0.25) is 10.0 Å². The number of carbonyl (C=O) groups excluding carboxylic acids is 2. The van der Waals surface area contributed by atoms with Crippen LogP contribution in [0.5, 0.6) is 0 Å². The van der Waals surface area contributed by atoms with E-state index in [1.54, 1.807) is 18.2 Å². The topological polar surface area (TPSA) is 70.6 Å². The molecule has 2 fully saturated rings. The number of hydrogen-bond donors (Lipinski definition) is 2. The smallest absolute Gasteiger partial charge is 0.240 e. The quantitative estimate of drug-likeness (QED) is 0.826. The van der Waals surface area contributed by atoms with Gasteiger partial charge in [0.1, 0.15) is 5.25 Å². The first-order valence-electron chi connectivity index (χ1n) is 7.81. The number of hydrogen-bond acceptors (Lipinski definition) is 4. The van der Waals surface area contributed by atoms with E-state index in [0.29, 0.717) is 26.9 Å². The molecule has 2 N–H and O–H groups in total. The summed E-state index contributed by atoms with van der Waals surface area (Å²) in [6.07, 6.45) is 4.59. The Morgan fingerprint density at radius 3 is 2.58 bits per heavy atom. The molecule has 0 spiro atoms. The van der Waals surface area contributed by atoms with Crippen LogP contribution in [0.1, 0.15) is 32.1 Å². The van der Waals surface area contributed by atoms with Gasteiger partial charge in [0.05, 0.1) is 6.04 Å². The van der Waals surface area contributed by atoms with E-state index in [4.69, 9.17) is 23.2 Å². The van der Waals surface area contributed by atoms with Crippen molar-refractivity contribution in [3.05, 3.63) is 28.2 Å². The summed E-state index contributed by atoms with van der Waals surface area (Å²) in [7, 11) is 0. The monoisotopic (exact) mass is 385 g/mol. The molecule has 2 aliphatic rings. The highest BCUT2D eigenvalue weighted by Crippen LogP contribution is 2.28. The molecule has 1 aliphatic heterocycles. The van der Waals surface area contributed by atoms with Gasteiger partial charge in [0.15, 0.2) is 5.17 Å². The molecule has 1 heterocycles. The van der Waals surface area contributed by atoms with Gasteiger partial charge in [-0.15, -0.1) is 0 Å². The molecular weight excluding hydrogens is 369 g/mol. The first-order chi connectivity index (χ1) is 11.5. The largest absolute Gasteiger partial charge is 0.326 e. The molecule has 1 atom stereocenters. The zero-order valence-electron chi connectivity index (χ0n) is 12.9. The molecular formula is C16H17Cl2N3O2S. The minimum absolute atomic E-state index is 0.0737. The summed E-state index contributed by atoms with van der Waals surface area (Å²) in [6, 6.07) is 5.11. The highest BCUT2D eigenvalue weighted by atomic mass is 35.5. The van der Waals surface area contributed by atoms with E-state index in [0.717, 1.165) is 12.8 Å². The van der Waals surface area contributed by atoms with E-state index in [2.05, 4.69) is 15.6 Å². The number of rotatable bonds is 4. The zero-order valence-corrected chi connectivity index (χ0v) is 15.2. The number of nitrogens with one attached hydrogen (secondary N) is 2. The van der Waals surface area contributed by atoms with Gasteiger partial charge in [0.2, 0.25) is 11.8 Å². The molecule has 5 nitrogen and oxygen atoms in total. The van der Waals surface area contributed by atoms with Crippen LogP contribution in [0.25, 0.3) is 0 Å². The normalized spacial score (nSPS) is 22.8. The van der Waals surface area contributed by atoms with E-state index in [1.807, 2.05) is 0 Å². The van der Waals surface area contributed by atoms with Crippen LogP contribution in [0.3, 0.4) is 0 Å². The van der Waals surface area contributed by atoms with Gasteiger partial charge < -0.3 is 10.6 Å². The van der Waals surface area contributed by atoms with Crippen molar-refractivity contribution in [2.75, 3.05) is 5.32 Å². The van der Waals surface area contributed by atoms with Crippen molar-refractivity contribution in [3.63, 3.8) is 0 Å². The Morgan fingerprint density at radius 2 is 1.92 bits per heavy atom. The van der Waals surface area contributed by atoms with Crippen LogP contribution >= 0.6 is 35.0 Å². The number of thioether (sulfide) groups is 1. The zero-order chi connectivity index (χ0) is 17.1. The lowest BCUT2D eigenvalue weighted by Gasteiger charge is -2.08. The molecule has 24 heavy (non-hydrogen) atoms. The van der Waals surface area contributed by atoms with Gasteiger partial charge >= 0.3 is 0 Å². The van der Waals surface area contributed by atoms with Crippen molar-refractivity contribution in [2.45, 2.75) is 43.4 Å². The predicted octanol–water partition coefficient (Wildman–Crippen LogP) is 3.85. The molecule has 1 aromatic rings. The highest BCUT2D eigenvalue weighted by molar-refractivity contribution is 8.15. The summed E-state index contributed by atoms with van der Waals surface area (Å²) < 4.78 is 0. The number of aliphatic imine (C=N–C) groups is 1. The summed E-state index contributed by atoms with van der Waals surface area (Å²) in [4.78, 5) is 28.7. The van der Waals surface area contributed by atoms with Crippen molar-refractivity contribution in [3.8, 4) is 0 Å². The maximum atomic E-state index is 12.2. The number of benzene rings is 1. The van der Waals surface area contributed by atoms with Crippen molar-refractivity contribution >= 4 is 57.6 Å². The number of carbonyl (C=O) groups is 2. The molecule has 128 valence electrons. The third-order valence-electron chi connectivity index (χ3n) is 3.92. The Balaban J connectivity index is 1.57. The minimum Gasteiger partial charge on any atom is -0.326 e. The first kappa shape index (κ1) is 17.6. The highest BCUT2D eigenvalue weighted by Gasteiger charge is 2.32. The molecule has 0 aromatic heterocycles. The third kappa shape index (κ3) is 4.65. The van der Waals surface area contributed by atoms with Crippen LogP contribution in [-0.4, -0.2) is 28.3 Å². The van der Waals surface area contributed by atoms with Crippen LogP contribution in [0.15, 0.2) is 23.2 Å². The first-order valence-corrected chi connectivity index (χ1v) is 9.44. The lowest BCUT2D eigenvalue weighted by atomic mass is 10.2. The summed E-state index contributed by atoms with van der Waals surface area (Å²) in [6.45, 7) is 0. The van der Waals surface area contributed by atoms with Gasteiger partial charge in [-0.25, -0.2) is 0 Å². The van der Waals surface area contributed by atoms with E-state index in [-0.39, 0.29) is 18.2 Å². The maximum Gasteiger partial charge on any atom is 0.240 e. The summed E-state index contributed by atoms with van der Waals surface area (Å²) in [5.41, 5.74) is 0.515. The summed E-state index contributed by atoms with van der Waals surface area (Å²) >= 11 is 13.1. The van der Waals surface area contributed by atoms with Crippen molar-refractivity contribution in [1.29, 1.82) is 0 Å². The lowest BCUT2D eigenvalue weighted by molar-refractivity contribution is -0.122. The minimum atomic E-state index is -0.459. The molecule has 1 unspecified atom stereocenters. The number of anilines is 1. The van der Waals surface area contributed by atoms with Gasteiger partial charge in [0, 0.05) is 22.2 Å². The number of nitrogens with zero attached hydrogens (tertiary/aromatic N) is 1. The second kappa shape index (κ2) is 7.76. The number of amidine groups is 1. The Labute approximate surface area is 154 Å². The van der Waals surface area contributed by atoms with Gasteiger partial charge in [0.25, 0.3) is 0 Å². The van der Waals surface area contributed by atoms with Crippen molar-refractivity contribution in [1.82, 2.24) is 5.32 Å². The second-order valence-electron chi connectivity index (χ2n) is 5.88. The fourth-order valence-electron chi connectivity index (χ4n) is 2.81. The Hall–Kier alpha value is -1.24. The molecule has 3 rings (SSSR count). The fourth-order valence-corrected chi connectivity index (χ4v) is 4.37. The van der Waals surface area contributed by atoms with Crippen molar-refractivity contribution in [2.24, 2.45) is 4.99 Å². The predicted molar refractivity (Wildman–Crippen MR) is 98.9 cm³/mol. The van der Waals surface area contributed by atoms with Crippen LogP contribution in [-0.2, 0) is 9.59 Å². The second-order valence-corrected chi connectivity index (χ2v) is 7.94. The molecule has 8 heteroatoms. The van der Waals surface area contributed by atoms with E-state index >= 15 is 0 Å². The number of amides is 2. The van der Waals surface area contributed by atoms with Gasteiger partial charge in [-0.1, -0.05) is 47.8 Å². The van der Waals surface area contributed by atoms with E-state index < -0.39 is 5.25 Å². The summed E-state index contributed by atoms with van der Waals surface area (Å²) in [5.74, 6) is -0.431. The Kier molecular flexibility index (Phi) is 5.69. The Morgan fingerprint density at radius 1 is 1.25 bits per heavy atom. The van der Waals surface area contributed by atoms with Crippen molar-refractivity contribution < 1.29 is 9.59 Å². The fraction of sp³-hybridized carbons (Fsp3) is 0.438. The van der Waals surface area contributed by atoms with Gasteiger partial charge in [-0.05, 0) is 31.0 Å². The summed E-state index contributed by atoms with van der Waals surface area (Å²) in [5, 5.41) is 6.55. The molecule has 0 radical (unpaired) electrons. The van der Waals surface area contributed by atoms with Gasteiger partial charge in [-0.3, -0.25) is 14.6 Å². The molecule has 0 bridgehead atoms.